The van der Waals surface area contributed by atoms with Crippen LogP contribution in [-0.4, -0.2) is 27.8 Å². The molecule has 1 amide bonds. The largest absolute Gasteiger partial charge is 0.497 e. The SMILES string of the molecule is COc1ccc(-c2ccc(=O)n(C(C)C(=O)Nc3nc4c(s3)CCCC4)n2)cc1. The van der Waals surface area contributed by atoms with E-state index in [-0.39, 0.29) is 11.5 Å². The van der Waals surface area contributed by atoms with E-state index in [2.05, 4.69) is 15.4 Å². The highest BCUT2D eigenvalue weighted by molar-refractivity contribution is 7.15. The molecular formula is C21H22N4O3S. The van der Waals surface area contributed by atoms with Crippen LogP contribution in [-0.2, 0) is 17.6 Å². The van der Waals surface area contributed by atoms with Gasteiger partial charge >= 0.3 is 0 Å². The van der Waals surface area contributed by atoms with Crippen LogP contribution in [0.25, 0.3) is 11.3 Å². The summed E-state index contributed by atoms with van der Waals surface area (Å²) in [7, 11) is 1.60. The average molecular weight is 410 g/mol. The predicted octanol–water partition coefficient (Wildman–Crippen LogP) is 3.45. The van der Waals surface area contributed by atoms with Crippen molar-refractivity contribution in [3.8, 4) is 17.0 Å². The second-order valence-electron chi connectivity index (χ2n) is 6.99. The van der Waals surface area contributed by atoms with Crippen molar-refractivity contribution in [2.75, 3.05) is 12.4 Å². The van der Waals surface area contributed by atoms with E-state index in [1.54, 1.807) is 20.1 Å². The van der Waals surface area contributed by atoms with Crippen molar-refractivity contribution < 1.29 is 9.53 Å². The van der Waals surface area contributed by atoms with Crippen molar-refractivity contribution in [1.29, 1.82) is 0 Å². The molecule has 3 aromatic rings. The lowest BCUT2D eigenvalue weighted by Crippen LogP contribution is -2.33. The third kappa shape index (κ3) is 4.07. The van der Waals surface area contributed by atoms with Crippen LogP contribution in [0.1, 0.15) is 36.4 Å². The number of nitrogens with zero attached hydrogens (tertiary/aromatic N) is 3. The molecule has 29 heavy (non-hydrogen) atoms. The topological polar surface area (TPSA) is 86.1 Å². The number of benzene rings is 1. The van der Waals surface area contributed by atoms with E-state index in [1.807, 2.05) is 24.3 Å². The summed E-state index contributed by atoms with van der Waals surface area (Å²) in [6.45, 7) is 1.66. The second-order valence-corrected chi connectivity index (χ2v) is 8.07. The number of carbonyl (C=O) groups is 1. The molecule has 2 aromatic heterocycles. The van der Waals surface area contributed by atoms with Gasteiger partial charge in [-0.25, -0.2) is 9.67 Å². The number of nitrogens with one attached hydrogen (secondary N) is 1. The maximum absolute atomic E-state index is 12.7. The predicted molar refractivity (Wildman–Crippen MR) is 113 cm³/mol. The Morgan fingerprint density at radius 3 is 2.66 bits per heavy atom. The normalized spacial score (nSPS) is 14.1. The van der Waals surface area contributed by atoms with Gasteiger partial charge in [-0.1, -0.05) is 0 Å². The summed E-state index contributed by atoms with van der Waals surface area (Å²) in [5.41, 5.74) is 2.20. The summed E-state index contributed by atoms with van der Waals surface area (Å²) in [5.74, 6) is 0.429. The van der Waals surface area contributed by atoms with E-state index in [9.17, 15) is 9.59 Å². The fourth-order valence-electron chi connectivity index (χ4n) is 3.34. The highest BCUT2D eigenvalue weighted by Crippen LogP contribution is 2.30. The number of thiazole rings is 1. The highest BCUT2D eigenvalue weighted by atomic mass is 32.1. The van der Waals surface area contributed by atoms with E-state index in [1.165, 1.54) is 27.0 Å². The van der Waals surface area contributed by atoms with Crippen molar-refractivity contribution in [2.45, 2.75) is 38.6 Å². The summed E-state index contributed by atoms with van der Waals surface area (Å²) in [4.78, 5) is 30.9. The molecule has 7 nitrogen and oxygen atoms in total. The van der Waals surface area contributed by atoms with E-state index in [0.717, 1.165) is 42.7 Å². The molecule has 0 aliphatic heterocycles. The van der Waals surface area contributed by atoms with Gasteiger partial charge in [0.05, 0.1) is 18.5 Å². The molecule has 1 unspecified atom stereocenters. The molecule has 1 aromatic carbocycles. The van der Waals surface area contributed by atoms with Crippen molar-refractivity contribution in [1.82, 2.24) is 14.8 Å². The van der Waals surface area contributed by atoms with Gasteiger partial charge < -0.3 is 10.1 Å². The molecule has 0 radical (unpaired) electrons. The fraction of sp³-hybridized carbons (Fsp3) is 0.333. The summed E-state index contributed by atoms with van der Waals surface area (Å²) in [5, 5.41) is 7.85. The van der Waals surface area contributed by atoms with Crippen LogP contribution < -0.4 is 15.6 Å². The van der Waals surface area contributed by atoms with Gasteiger partial charge in [-0.05, 0) is 62.9 Å². The summed E-state index contributed by atoms with van der Waals surface area (Å²) in [6, 6.07) is 9.70. The first-order chi connectivity index (χ1) is 14.0. The van der Waals surface area contributed by atoms with Crippen LogP contribution in [0.15, 0.2) is 41.2 Å². The molecule has 0 saturated heterocycles. The Bertz CT molecular complexity index is 1060. The molecule has 4 rings (SSSR count). The lowest BCUT2D eigenvalue weighted by Gasteiger charge is -2.14. The number of anilines is 1. The number of hydrogen-bond acceptors (Lipinski definition) is 6. The van der Waals surface area contributed by atoms with Crippen molar-refractivity contribution >= 4 is 22.4 Å². The van der Waals surface area contributed by atoms with E-state index in [0.29, 0.717) is 10.8 Å². The smallest absolute Gasteiger partial charge is 0.267 e. The lowest BCUT2D eigenvalue weighted by molar-refractivity contribution is -0.119. The number of fused-ring (bicyclic) bond motifs is 1. The zero-order valence-electron chi connectivity index (χ0n) is 16.3. The molecule has 0 spiro atoms. The fourth-order valence-corrected chi connectivity index (χ4v) is 4.40. The Labute approximate surface area is 172 Å². The first kappa shape index (κ1) is 19.3. The molecule has 0 bridgehead atoms. The number of hydrogen-bond donors (Lipinski definition) is 1. The molecule has 2 heterocycles. The first-order valence-electron chi connectivity index (χ1n) is 9.59. The Morgan fingerprint density at radius 1 is 1.17 bits per heavy atom. The van der Waals surface area contributed by atoms with Gasteiger partial charge in [0.15, 0.2) is 5.13 Å². The van der Waals surface area contributed by atoms with Crippen molar-refractivity contribution in [2.24, 2.45) is 0 Å². The number of rotatable bonds is 5. The zero-order valence-corrected chi connectivity index (χ0v) is 17.2. The molecule has 1 aliphatic rings. The van der Waals surface area contributed by atoms with Gasteiger partial charge in [0.25, 0.3) is 11.5 Å². The quantitative estimate of drug-likeness (QED) is 0.696. The van der Waals surface area contributed by atoms with Crippen LogP contribution in [0.5, 0.6) is 5.75 Å². The lowest BCUT2D eigenvalue weighted by atomic mass is 10.0. The van der Waals surface area contributed by atoms with Crippen LogP contribution in [0.4, 0.5) is 5.13 Å². The Hall–Kier alpha value is -3.00. The third-order valence-corrected chi connectivity index (χ3v) is 6.11. The minimum Gasteiger partial charge on any atom is -0.497 e. The summed E-state index contributed by atoms with van der Waals surface area (Å²) in [6.07, 6.45) is 4.28. The molecule has 0 fully saturated rings. The highest BCUT2D eigenvalue weighted by Gasteiger charge is 2.21. The molecular weight excluding hydrogens is 388 g/mol. The van der Waals surface area contributed by atoms with Gasteiger partial charge in [0.1, 0.15) is 11.8 Å². The van der Waals surface area contributed by atoms with Gasteiger partial charge in [-0.2, -0.15) is 5.10 Å². The molecule has 1 N–H and O–H groups in total. The van der Waals surface area contributed by atoms with E-state index in [4.69, 9.17) is 4.74 Å². The summed E-state index contributed by atoms with van der Waals surface area (Å²) >= 11 is 1.52. The molecule has 1 atom stereocenters. The number of aromatic nitrogens is 3. The second kappa shape index (κ2) is 8.16. The van der Waals surface area contributed by atoms with Crippen molar-refractivity contribution in [3.05, 3.63) is 57.3 Å². The van der Waals surface area contributed by atoms with Crippen LogP contribution in [0.2, 0.25) is 0 Å². The standard InChI is InChI=1S/C21H22N4O3S/c1-13(20(27)23-21-22-17-5-3-4-6-18(17)29-21)25-19(26)12-11-16(24-25)14-7-9-15(28-2)10-8-14/h7-13H,3-6H2,1-2H3,(H,22,23,27). The van der Waals surface area contributed by atoms with Crippen molar-refractivity contribution in [3.63, 3.8) is 0 Å². The minimum atomic E-state index is -0.762. The zero-order chi connectivity index (χ0) is 20.4. The van der Waals surface area contributed by atoms with Gasteiger partial charge in [0, 0.05) is 16.5 Å². The molecule has 8 heteroatoms. The first-order valence-corrected chi connectivity index (χ1v) is 10.4. The van der Waals surface area contributed by atoms with E-state index >= 15 is 0 Å². The van der Waals surface area contributed by atoms with Gasteiger partial charge in [-0.3, -0.25) is 9.59 Å². The molecule has 0 saturated carbocycles. The Kier molecular flexibility index (Phi) is 5.44. The minimum absolute atomic E-state index is 0.308. The Morgan fingerprint density at radius 2 is 1.93 bits per heavy atom. The average Bonchev–Trinajstić information content (AvgIpc) is 3.16. The van der Waals surface area contributed by atoms with E-state index < -0.39 is 6.04 Å². The van der Waals surface area contributed by atoms with Gasteiger partial charge in [0.2, 0.25) is 0 Å². The van der Waals surface area contributed by atoms with Gasteiger partial charge in [-0.15, -0.1) is 11.3 Å². The van der Waals surface area contributed by atoms with Crippen LogP contribution in [0.3, 0.4) is 0 Å². The summed E-state index contributed by atoms with van der Waals surface area (Å²) < 4.78 is 6.38. The van der Waals surface area contributed by atoms with Crippen LogP contribution >= 0.6 is 11.3 Å². The maximum Gasteiger partial charge on any atom is 0.267 e. The number of aryl methyl sites for hydroxylation is 2. The monoisotopic (exact) mass is 410 g/mol. The molecule has 150 valence electrons. The number of methoxy groups -OCH3 is 1. The van der Waals surface area contributed by atoms with Crippen LogP contribution in [0, 0.1) is 0 Å². The third-order valence-electron chi connectivity index (χ3n) is 5.03. The maximum atomic E-state index is 12.7. The number of ether oxygens (including phenoxy) is 1. The number of carbonyl (C=O) groups excluding carboxylic acids is 1. The number of amides is 1. The Balaban J connectivity index is 1.55. The molecule has 1 aliphatic carbocycles.